The van der Waals surface area contributed by atoms with Crippen LogP contribution in [-0.4, -0.2) is 79.6 Å². The number of pyridine rings is 1. The van der Waals surface area contributed by atoms with E-state index in [1.807, 2.05) is 17.0 Å². The Morgan fingerprint density at radius 3 is 2.14 bits per heavy atom. The summed E-state index contributed by atoms with van der Waals surface area (Å²) >= 11 is 0. The second kappa shape index (κ2) is 8.61. The van der Waals surface area contributed by atoms with Crippen LogP contribution in [0.3, 0.4) is 0 Å². The molecule has 6 nitrogen and oxygen atoms in total. The Labute approximate surface area is 167 Å². The molecular weight excluding hydrogens is 350 g/mol. The molecule has 0 unspecified atom stereocenters. The van der Waals surface area contributed by atoms with Crippen LogP contribution in [0.25, 0.3) is 0 Å². The van der Waals surface area contributed by atoms with Gasteiger partial charge in [0.15, 0.2) is 0 Å². The van der Waals surface area contributed by atoms with E-state index in [-0.39, 0.29) is 5.91 Å². The molecule has 0 N–H and O–H groups in total. The van der Waals surface area contributed by atoms with E-state index in [9.17, 15) is 4.79 Å². The van der Waals surface area contributed by atoms with Gasteiger partial charge in [-0.15, -0.1) is 0 Å². The lowest BCUT2D eigenvalue weighted by atomic mass is 10.2. The molecule has 1 aromatic heterocycles. The van der Waals surface area contributed by atoms with E-state index in [1.165, 1.54) is 5.69 Å². The van der Waals surface area contributed by atoms with Gasteiger partial charge in [-0.25, -0.2) is 4.98 Å². The van der Waals surface area contributed by atoms with Crippen molar-refractivity contribution >= 4 is 17.4 Å². The van der Waals surface area contributed by atoms with Crippen molar-refractivity contribution in [1.82, 2.24) is 14.8 Å². The van der Waals surface area contributed by atoms with Crippen LogP contribution in [0.1, 0.15) is 17.3 Å². The number of nitrogens with zero attached hydrogens (tertiary/aromatic N) is 5. The topological polar surface area (TPSA) is 42.9 Å². The van der Waals surface area contributed by atoms with Crippen molar-refractivity contribution in [3.63, 3.8) is 0 Å². The van der Waals surface area contributed by atoms with Crippen LogP contribution in [0.5, 0.6) is 0 Å². The molecule has 2 aliphatic rings. The highest BCUT2D eigenvalue weighted by Crippen LogP contribution is 2.19. The van der Waals surface area contributed by atoms with Crippen LogP contribution in [0.4, 0.5) is 11.5 Å². The van der Waals surface area contributed by atoms with Gasteiger partial charge in [0.25, 0.3) is 5.91 Å². The predicted molar refractivity (Wildman–Crippen MR) is 113 cm³/mol. The number of hydrogen-bond acceptors (Lipinski definition) is 5. The molecule has 2 aliphatic heterocycles. The first-order valence-corrected chi connectivity index (χ1v) is 10.3. The lowest BCUT2D eigenvalue weighted by Gasteiger charge is -2.37. The fourth-order valence-electron chi connectivity index (χ4n) is 3.98. The molecule has 148 valence electrons. The fraction of sp³-hybridized carbons (Fsp3) is 0.455. The monoisotopic (exact) mass is 379 g/mol. The highest BCUT2D eigenvalue weighted by molar-refractivity contribution is 5.94. The van der Waals surface area contributed by atoms with Gasteiger partial charge in [-0.2, -0.15) is 0 Å². The minimum absolute atomic E-state index is 0.101. The summed E-state index contributed by atoms with van der Waals surface area (Å²) in [6, 6.07) is 14.5. The first kappa shape index (κ1) is 18.7. The third kappa shape index (κ3) is 4.12. The maximum absolute atomic E-state index is 12.7. The quantitative estimate of drug-likeness (QED) is 0.815. The first-order valence-electron chi connectivity index (χ1n) is 10.3. The van der Waals surface area contributed by atoms with Crippen molar-refractivity contribution in [3.05, 3.63) is 54.2 Å². The molecule has 1 amide bonds. The van der Waals surface area contributed by atoms with E-state index in [0.29, 0.717) is 5.56 Å². The fourth-order valence-corrected chi connectivity index (χ4v) is 3.98. The van der Waals surface area contributed by atoms with Gasteiger partial charge < -0.3 is 19.6 Å². The lowest BCUT2D eigenvalue weighted by Crippen LogP contribution is -2.48. The van der Waals surface area contributed by atoms with Gasteiger partial charge in [0.05, 0.1) is 5.56 Å². The summed E-state index contributed by atoms with van der Waals surface area (Å²) in [5.74, 6) is 1.06. The van der Waals surface area contributed by atoms with E-state index in [1.54, 1.807) is 6.20 Å². The number of amides is 1. The molecule has 1 aromatic carbocycles. The number of aromatic nitrogens is 1. The summed E-state index contributed by atoms with van der Waals surface area (Å²) in [6.45, 7) is 10.6. The molecule has 4 rings (SSSR count). The van der Waals surface area contributed by atoms with Gasteiger partial charge in [0, 0.05) is 64.2 Å². The van der Waals surface area contributed by atoms with Crippen LogP contribution in [0, 0.1) is 0 Å². The predicted octanol–water partition coefficient (Wildman–Crippen LogP) is 2.19. The van der Waals surface area contributed by atoms with E-state index in [0.717, 1.165) is 64.7 Å². The highest BCUT2D eigenvalue weighted by Gasteiger charge is 2.22. The third-order valence-corrected chi connectivity index (χ3v) is 5.83. The summed E-state index contributed by atoms with van der Waals surface area (Å²) in [5.41, 5.74) is 1.97. The summed E-state index contributed by atoms with van der Waals surface area (Å²) in [6.07, 6.45) is 1.74. The Kier molecular flexibility index (Phi) is 5.76. The molecule has 0 saturated carbocycles. The van der Waals surface area contributed by atoms with Gasteiger partial charge in [-0.3, -0.25) is 4.79 Å². The number of piperazine rings is 2. The SMILES string of the molecule is CCN1CCN(C(=O)c2ccc(N3CCN(c4ccccc4)CC3)nc2)CC1. The van der Waals surface area contributed by atoms with E-state index >= 15 is 0 Å². The largest absolute Gasteiger partial charge is 0.368 e. The Balaban J connectivity index is 1.33. The summed E-state index contributed by atoms with van der Waals surface area (Å²) in [7, 11) is 0. The van der Waals surface area contributed by atoms with Gasteiger partial charge in [-0.05, 0) is 30.8 Å². The molecule has 3 heterocycles. The number of anilines is 2. The Morgan fingerprint density at radius 2 is 1.54 bits per heavy atom. The second-order valence-corrected chi connectivity index (χ2v) is 7.44. The van der Waals surface area contributed by atoms with Crippen molar-refractivity contribution in [2.75, 3.05) is 68.7 Å². The maximum atomic E-state index is 12.7. The zero-order valence-electron chi connectivity index (χ0n) is 16.6. The number of benzene rings is 1. The summed E-state index contributed by atoms with van der Waals surface area (Å²) in [5, 5.41) is 0. The lowest BCUT2D eigenvalue weighted by molar-refractivity contribution is 0.0643. The zero-order valence-corrected chi connectivity index (χ0v) is 16.6. The van der Waals surface area contributed by atoms with E-state index < -0.39 is 0 Å². The smallest absolute Gasteiger partial charge is 0.255 e. The highest BCUT2D eigenvalue weighted by atomic mass is 16.2. The molecule has 0 aliphatic carbocycles. The minimum Gasteiger partial charge on any atom is -0.368 e. The molecule has 0 radical (unpaired) electrons. The number of likely N-dealkylation sites (N-methyl/N-ethyl adjacent to an activating group) is 1. The normalized spacial score (nSPS) is 18.4. The summed E-state index contributed by atoms with van der Waals surface area (Å²) in [4.78, 5) is 26.4. The Bertz CT molecular complexity index is 763. The molecule has 2 aromatic rings. The molecule has 0 spiro atoms. The number of rotatable bonds is 4. The zero-order chi connectivity index (χ0) is 19.3. The number of hydrogen-bond donors (Lipinski definition) is 0. The van der Waals surface area contributed by atoms with E-state index in [4.69, 9.17) is 0 Å². The molecule has 0 bridgehead atoms. The van der Waals surface area contributed by atoms with Crippen LogP contribution in [0.2, 0.25) is 0 Å². The van der Waals surface area contributed by atoms with Crippen LogP contribution in [-0.2, 0) is 0 Å². The Hall–Kier alpha value is -2.60. The third-order valence-electron chi connectivity index (χ3n) is 5.83. The van der Waals surface area contributed by atoms with Crippen LogP contribution < -0.4 is 9.80 Å². The molecule has 28 heavy (non-hydrogen) atoms. The number of para-hydroxylation sites is 1. The standard InChI is InChI=1S/C22H29N5O/c1-2-24-10-12-27(13-11-24)22(28)19-8-9-21(23-18-19)26-16-14-25(15-17-26)20-6-4-3-5-7-20/h3-9,18H,2,10-17H2,1H3. The molecule has 0 atom stereocenters. The molecule has 2 fully saturated rings. The van der Waals surface area contributed by atoms with Crippen molar-refractivity contribution in [1.29, 1.82) is 0 Å². The average Bonchev–Trinajstić information content (AvgIpc) is 2.79. The van der Waals surface area contributed by atoms with Gasteiger partial charge in [0.2, 0.25) is 0 Å². The van der Waals surface area contributed by atoms with Crippen molar-refractivity contribution in [3.8, 4) is 0 Å². The van der Waals surface area contributed by atoms with Crippen LogP contribution in [0.15, 0.2) is 48.7 Å². The second-order valence-electron chi connectivity index (χ2n) is 7.44. The van der Waals surface area contributed by atoms with E-state index in [2.05, 4.69) is 56.9 Å². The molecule has 6 heteroatoms. The van der Waals surface area contributed by atoms with Crippen LogP contribution >= 0.6 is 0 Å². The van der Waals surface area contributed by atoms with Gasteiger partial charge in [0.1, 0.15) is 5.82 Å². The molecule has 2 saturated heterocycles. The Morgan fingerprint density at radius 1 is 0.857 bits per heavy atom. The first-order chi connectivity index (χ1) is 13.7. The van der Waals surface area contributed by atoms with Crippen molar-refractivity contribution < 1.29 is 4.79 Å². The number of carbonyl (C=O) groups excluding carboxylic acids is 1. The van der Waals surface area contributed by atoms with Crippen molar-refractivity contribution in [2.45, 2.75) is 6.92 Å². The summed E-state index contributed by atoms with van der Waals surface area (Å²) < 4.78 is 0. The van der Waals surface area contributed by atoms with Gasteiger partial charge in [-0.1, -0.05) is 25.1 Å². The van der Waals surface area contributed by atoms with Crippen molar-refractivity contribution in [2.24, 2.45) is 0 Å². The average molecular weight is 380 g/mol. The minimum atomic E-state index is 0.101. The maximum Gasteiger partial charge on any atom is 0.255 e. The number of carbonyl (C=O) groups is 1. The molecular formula is C22H29N5O. The van der Waals surface area contributed by atoms with Gasteiger partial charge >= 0.3 is 0 Å².